The van der Waals surface area contributed by atoms with Gasteiger partial charge in [0.2, 0.25) is 13.4 Å². The van der Waals surface area contributed by atoms with Crippen molar-refractivity contribution in [3.05, 3.63) is 217 Å². The van der Waals surface area contributed by atoms with Crippen molar-refractivity contribution in [1.29, 1.82) is 0 Å². The van der Waals surface area contributed by atoms with Gasteiger partial charge in [-0.15, -0.1) is 0 Å². The molecule has 4 heterocycles. The fraction of sp³-hybridized carbons (Fsp3) is 0.111. The van der Waals surface area contributed by atoms with Crippen LogP contribution in [-0.2, 0) is 10.8 Å². The third-order valence-corrected chi connectivity index (χ3v) is 17.8. The summed E-state index contributed by atoms with van der Waals surface area (Å²) in [6, 6.07) is 80.1. The fourth-order valence-electron chi connectivity index (χ4n) is 14.4. The number of fused-ring (bicyclic) bond motifs is 10. The minimum Gasteiger partial charge on any atom is -0.0664 e. The monoisotopic (exact) mass is 938 g/mol. The Kier molecular flexibility index (Phi) is 8.43. The van der Waals surface area contributed by atoms with Crippen LogP contribution in [0.2, 0.25) is 0 Å². The molecule has 0 saturated carbocycles. The Labute approximate surface area is 434 Å². The summed E-state index contributed by atoms with van der Waals surface area (Å²) in [5.41, 5.74) is 32.3. The van der Waals surface area contributed by atoms with Crippen molar-refractivity contribution in [1.82, 2.24) is 0 Å². The molecule has 0 nitrogen and oxygen atoms in total. The first kappa shape index (κ1) is 42.3. The topological polar surface area (TPSA) is 0 Å². The lowest BCUT2D eigenvalue weighted by Gasteiger charge is -2.34. The highest BCUT2D eigenvalue weighted by molar-refractivity contribution is 7.03. The molecule has 12 aromatic rings. The smallest absolute Gasteiger partial charge is 0.0664 e. The molecular formula is C72H52B2. The van der Waals surface area contributed by atoms with Crippen molar-refractivity contribution < 1.29 is 0 Å². The van der Waals surface area contributed by atoms with Gasteiger partial charge in [0.05, 0.1) is 0 Å². The number of benzene rings is 12. The highest BCUT2D eigenvalue weighted by Gasteiger charge is 2.45. The summed E-state index contributed by atoms with van der Waals surface area (Å²) in [6.07, 6.45) is 0. The Bertz CT molecular complexity index is 4140. The van der Waals surface area contributed by atoms with Crippen LogP contribution in [0.3, 0.4) is 0 Å². The van der Waals surface area contributed by atoms with Crippen LogP contribution in [0.1, 0.15) is 52.7 Å². The molecule has 0 atom stereocenters. The van der Waals surface area contributed by atoms with Crippen molar-refractivity contribution in [2.45, 2.75) is 52.4 Å². The number of rotatable bonds is 4. The number of hydrogen-bond acceptors (Lipinski definition) is 0. The molecular weight excluding hydrogens is 886 g/mol. The van der Waals surface area contributed by atoms with Gasteiger partial charge >= 0.3 is 0 Å². The van der Waals surface area contributed by atoms with Gasteiger partial charge < -0.3 is 0 Å². The zero-order valence-electron chi connectivity index (χ0n) is 42.8. The zero-order chi connectivity index (χ0) is 49.5. The SMILES string of the molecule is CC(C)(C)c1cc2c3c(c1)-c1cc(-c4ccccc4-c4ccccc4)c4cc5c6c(cc(-c7ccccc7-c7ccccc7)c7cc(c1c4c76)B3c1ccccc1-2)-c1cc(C(C)(C)C)cc2c1B5c1ccccc1-2. The first-order valence-electron chi connectivity index (χ1n) is 26.7. The molecule has 16 rings (SSSR count). The molecule has 0 aromatic heterocycles. The molecule has 0 N–H and O–H groups in total. The molecule has 346 valence electrons. The van der Waals surface area contributed by atoms with E-state index in [1.165, 1.54) is 165 Å². The molecule has 0 bridgehead atoms. The van der Waals surface area contributed by atoms with Crippen LogP contribution in [0, 0.1) is 0 Å². The summed E-state index contributed by atoms with van der Waals surface area (Å²) in [5.74, 6) is 0. The maximum Gasteiger partial charge on any atom is 0.244 e. The Morgan fingerprint density at radius 1 is 0.243 bits per heavy atom. The van der Waals surface area contributed by atoms with Gasteiger partial charge in [0.25, 0.3) is 0 Å². The minimum atomic E-state index is -0.0526. The fourth-order valence-corrected chi connectivity index (χ4v) is 14.4. The van der Waals surface area contributed by atoms with E-state index in [9.17, 15) is 0 Å². The summed E-state index contributed by atoms with van der Waals surface area (Å²) >= 11 is 0. The molecule has 0 fully saturated rings. The van der Waals surface area contributed by atoms with Crippen molar-refractivity contribution in [2.24, 2.45) is 0 Å². The molecule has 0 spiro atoms. The average molecular weight is 939 g/mol. The Morgan fingerprint density at radius 2 is 0.568 bits per heavy atom. The van der Waals surface area contributed by atoms with E-state index >= 15 is 0 Å². The van der Waals surface area contributed by atoms with Gasteiger partial charge in [0.15, 0.2) is 0 Å². The lowest BCUT2D eigenvalue weighted by molar-refractivity contribution is 0.590. The quantitative estimate of drug-likeness (QED) is 0.122. The molecule has 0 aliphatic carbocycles. The lowest BCUT2D eigenvalue weighted by atomic mass is 9.34. The second-order valence-corrected chi connectivity index (χ2v) is 23.8. The summed E-state index contributed by atoms with van der Waals surface area (Å²) in [4.78, 5) is 0. The Morgan fingerprint density at radius 3 is 0.946 bits per heavy atom. The molecule has 2 heteroatoms. The predicted octanol–water partition coefficient (Wildman–Crippen LogP) is 14.8. The van der Waals surface area contributed by atoms with E-state index in [-0.39, 0.29) is 24.3 Å². The molecule has 12 aromatic carbocycles. The van der Waals surface area contributed by atoms with Crippen LogP contribution in [0.25, 0.3) is 121 Å². The molecule has 74 heavy (non-hydrogen) atoms. The van der Waals surface area contributed by atoms with E-state index < -0.39 is 0 Å². The molecule has 0 saturated heterocycles. The lowest BCUT2D eigenvalue weighted by Crippen LogP contribution is -2.53. The largest absolute Gasteiger partial charge is 0.244 e. The van der Waals surface area contributed by atoms with Gasteiger partial charge in [-0.1, -0.05) is 268 Å². The van der Waals surface area contributed by atoms with Crippen molar-refractivity contribution in [3.8, 4) is 89.0 Å². The van der Waals surface area contributed by atoms with Crippen molar-refractivity contribution in [3.63, 3.8) is 0 Å². The van der Waals surface area contributed by atoms with Gasteiger partial charge in [0.1, 0.15) is 0 Å². The molecule has 0 amide bonds. The first-order valence-corrected chi connectivity index (χ1v) is 26.7. The molecule has 0 unspecified atom stereocenters. The van der Waals surface area contributed by atoms with Crippen LogP contribution < -0.4 is 32.8 Å². The maximum atomic E-state index is 2.69. The maximum absolute atomic E-state index is 2.69. The zero-order valence-corrected chi connectivity index (χ0v) is 42.8. The highest BCUT2D eigenvalue weighted by atomic mass is 14.4. The van der Waals surface area contributed by atoms with Crippen LogP contribution in [0.5, 0.6) is 0 Å². The van der Waals surface area contributed by atoms with Gasteiger partial charge in [-0.3, -0.25) is 0 Å². The van der Waals surface area contributed by atoms with Crippen LogP contribution in [0.4, 0.5) is 0 Å². The molecule has 0 radical (unpaired) electrons. The van der Waals surface area contributed by atoms with E-state index in [0.717, 1.165) is 0 Å². The summed E-state index contributed by atoms with van der Waals surface area (Å²) < 4.78 is 0. The second kappa shape index (κ2) is 14.7. The van der Waals surface area contributed by atoms with Crippen LogP contribution >= 0.6 is 0 Å². The van der Waals surface area contributed by atoms with Gasteiger partial charge in [-0.2, -0.15) is 0 Å². The molecule has 4 aliphatic rings. The third kappa shape index (κ3) is 5.61. The minimum absolute atomic E-state index is 0.0526. The van der Waals surface area contributed by atoms with E-state index in [2.05, 4.69) is 248 Å². The van der Waals surface area contributed by atoms with Crippen LogP contribution in [0.15, 0.2) is 206 Å². The predicted molar refractivity (Wildman–Crippen MR) is 320 cm³/mol. The van der Waals surface area contributed by atoms with Crippen molar-refractivity contribution >= 4 is 78.5 Å². The second-order valence-electron chi connectivity index (χ2n) is 23.8. The van der Waals surface area contributed by atoms with Gasteiger partial charge in [-0.25, -0.2) is 0 Å². The van der Waals surface area contributed by atoms with Crippen LogP contribution in [-0.4, -0.2) is 13.4 Å². The average Bonchev–Trinajstić information content (AvgIpc) is 4.05. The van der Waals surface area contributed by atoms with E-state index in [4.69, 9.17) is 0 Å². The summed E-state index contributed by atoms with van der Waals surface area (Å²) in [6.45, 7) is 14.5. The van der Waals surface area contributed by atoms with E-state index in [1.807, 2.05) is 0 Å². The van der Waals surface area contributed by atoms with E-state index in [1.54, 1.807) is 0 Å². The summed E-state index contributed by atoms with van der Waals surface area (Å²) in [5, 5.41) is 8.28. The van der Waals surface area contributed by atoms with E-state index in [0.29, 0.717) is 0 Å². The third-order valence-electron chi connectivity index (χ3n) is 17.8. The summed E-state index contributed by atoms with van der Waals surface area (Å²) in [7, 11) is 0. The Balaban J connectivity index is 1.17. The normalized spacial score (nSPS) is 13.5. The van der Waals surface area contributed by atoms with Gasteiger partial charge in [0, 0.05) is 0 Å². The standard InChI is InChI=1S/C72H52B2/c1-71(2,3)43-33-57-49-29-17-19-31-61(49)73-63-39-56-52(48-28-16-14-26-46(48)42-23-11-8-12-24-42)38-54-60-36-44(72(4,5)6)34-58-50-30-18-20-32-62(50)74(70(58)60)64-40-55-51(47-27-15-13-25-45(47)41-21-9-7-10-22-41)37-53(59(35-43)69(57)73)65(63)67(55)68(56)66(54)64/h7-40H,1-6H3. The first-order chi connectivity index (χ1) is 36.0. The highest BCUT2D eigenvalue weighted by Crippen LogP contribution is 2.53. The Hall–Kier alpha value is -8.19. The number of hydrogen-bond donors (Lipinski definition) is 0. The van der Waals surface area contributed by atoms with Gasteiger partial charge in [-0.05, 0) is 155 Å². The molecule has 4 aliphatic heterocycles. The van der Waals surface area contributed by atoms with Crippen molar-refractivity contribution in [2.75, 3.05) is 0 Å².